The Morgan fingerprint density at radius 2 is 1.74 bits per heavy atom. The summed E-state index contributed by atoms with van der Waals surface area (Å²) in [5.41, 5.74) is 1.25. The SMILES string of the molecule is COc1ccc(OC)c(C(=O)CSc2nc3c(c(=O)n(C)c(=O)n3C)n2CCc2ccccc2)c1. The highest BCUT2D eigenvalue weighted by Crippen LogP contribution is 2.28. The lowest BCUT2D eigenvalue weighted by Gasteiger charge is -2.11. The number of benzene rings is 2. The number of aromatic nitrogens is 4. The van der Waals surface area contributed by atoms with Gasteiger partial charge in [-0.3, -0.25) is 18.7 Å². The molecule has 0 atom stereocenters. The molecule has 0 aliphatic rings. The Morgan fingerprint density at radius 1 is 1.00 bits per heavy atom. The predicted molar refractivity (Wildman–Crippen MR) is 135 cm³/mol. The summed E-state index contributed by atoms with van der Waals surface area (Å²) in [6.45, 7) is 0.465. The van der Waals surface area contributed by atoms with E-state index in [-0.39, 0.29) is 11.5 Å². The van der Waals surface area contributed by atoms with Crippen molar-refractivity contribution in [1.29, 1.82) is 0 Å². The molecule has 0 saturated heterocycles. The van der Waals surface area contributed by atoms with Gasteiger partial charge in [0.05, 0.1) is 25.5 Å². The average molecular weight is 495 g/mol. The molecule has 2 heterocycles. The molecule has 2 aromatic carbocycles. The maximum absolute atomic E-state index is 13.1. The number of hydrogen-bond acceptors (Lipinski definition) is 7. The van der Waals surface area contributed by atoms with E-state index in [0.29, 0.717) is 46.3 Å². The first-order valence-corrected chi connectivity index (χ1v) is 11.9. The first kappa shape index (κ1) is 24.3. The molecular formula is C25H26N4O5S. The molecular weight excluding hydrogens is 468 g/mol. The lowest BCUT2D eigenvalue weighted by atomic mass is 10.1. The van der Waals surface area contributed by atoms with Gasteiger partial charge in [0.15, 0.2) is 22.1 Å². The molecule has 35 heavy (non-hydrogen) atoms. The number of hydrogen-bond donors (Lipinski definition) is 0. The lowest BCUT2D eigenvalue weighted by molar-refractivity contribution is 0.101. The van der Waals surface area contributed by atoms with E-state index in [4.69, 9.17) is 9.47 Å². The summed E-state index contributed by atoms with van der Waals surface area (Å²) in [6.07, 6.45) is 0.656. The Hall–Kier alpha value is -3.79. The van der Waals surface area contributed by atoms with Gasteiger partial charge in [-0.15, -0.1) is 0 Å². The molecule has 0 unspecified atom stereocenters. The number of carbonyl (C=O) groups excluding carboxylic acids is 1. The number of Topliss-reactive ketones (excluding diaryl/α,β-unsaturated/α-hetero) is 1. The maximum atomic E-state index is 13.1. The number of aryl methyl sites for hydroxylation is 3. The van der Waals surface area contributed by atoms with Crippen LogP contribution in [-0.2, 0) is 27.1 Å². The Kier molecular flexibility index (Phi) is 7.11. The van der Waals surface area contributed by atoms with Crippen molar-refractivity contribution < 1.29 is 14.3 Å². The van der Waals surface area contributed by atoms with Crippen molar-refractivity contribution in [1.82, 2.24) is 18.7 Å². The normalized spacial score (nSPS) is 11.1. The molecule has 10 heteroatoms. The van der Waals surface area contributed by atoms with Crippen molar-refractivity contribution in [2.45, 2.75) is 18.1 Å². The van der Waals surface area contributed by atoms with Crippen molar-refractivity contribution in [3.05, 3.63) is 80.5 Å². The summed E-state index contributed by atoms with van der Waals surface area (Å²) in [5, 5.41) is 0.490. The van der Waals surface area contributed by atoms with E-state index in [1.807, 2.05) is 30.3 Å². The monoisotopic (exact) mass is 494 g/mol. The van der Waals surface area contributed by atoms with Crippen LogP contribution in [0.2, 0.25) is 0 Å². The minimum Gasteiger partial charge on any atom is -0.497 e. The molecule has 4 aromatic rings. The fraction of sp³-hybridized carbons (Fsp3) is 0.280. The highest BCUT2D eigenvalue weighted by Gasteiger charge is 2.21. The van der Waals surface area contributed by atoms with Gasteiger partial charge in [-0.1, -0.05) is 42.1 Å². The number of rotatable bonds is 9. The van der Waals surface area contributed by atoms with Gasteiger partial charge in [-0.25, -0.2) is 9.78 Å². The molecule has 0 saturated carbocycles. The number of carbonyl (C=O) groups is 1. The van der Waals surface area contributed by atoms with Gasteiger partial charge in [0, 0.05) is 20.6 Å². The smallest absolute Gasteiger partial charge is 0.332 e. The Balaban J connectivity index is 1.72. The molecule has 0 fully saturated rings. The first-order chi connectivity index (χ1) is 16.8. The Morgan fingerprint density at radius 3 is 2.43 bits per heavy atom. The number of thioether (sulfide) groups is 1. The summed E-state index contributed by atoms with van der Waals surface area (Å²) < 4.78 is 14.8. The van der Waals surface area contributed by atoms with Crippen LogP contribution in [0.1, 0.15) is 15.9 Å². The molecule has 0 aliphatic carbocycles. The molecule has 2 aromatic heterocycles. The second-order valence-corrected chi connectivity index (χ2v) is 8.88. The second-order valence-electron chi connectivity index (χ2n) is 7.94. The zero-order chi connectivity index (χ0) is 25.1. The number of methoxy groups -OCH3 is 2. The van der Waals surface area contributed by atoms with Crippen molar-refractivity contribution in [3.63, 3.8) is 0 Å². The Labute approximate surface area is 205 Å². The molecule has 0 amide bonds. The standard InChI is InChI=1S/C25H26N4O5S/c1-27-22-21(23(31)28(2)25(27)32)29(13-12-16-8-6-5-7-9-16)24(26-22)35-15-19(30)18-14-17(33-3)10-11-20(18)34-4/h5-11,14H,12-13,15H2,1-4H3. The van der Waals surface area contributed by atoms with E-state index in [1.165, 1.54) is 37.6 Å². The molecule has 0 radical (unpaired) electrons. The lowest BCUT2D eigenvalue weighted by Crippen LogP contribution is -2.37. The van der Waals surface area contributed by atoms with Crippen LogP contribution in [0.4, 0.5) is 0 Å². The number of ketones is 1. The minimum absolute atomic E-state index is 0.0620. The van der Waals surface area contributed by atoms with Gasteiger partial charge >= 0.3 is 5.69 Å². The van der Waals surface area contributed by atoms with Crippen molar-refractivity contribution in [2.24, 2.45) is 14.1 Å². The number of imidazole rings is 1. The van der Waals surface area contributed by atoms with Crippen LogP contribution in [0.25, 0.3) is 11.2 Å². The number of nitrogens with zero attached hydrogens (tertiary/aromatic N) is 4. The molecule has 182 valence electrons. The topological polar surface area (TPSA) is 97.4 Å². The molecule has 9 nitrogen and oxygen atoms in total. The van der Waals surface area contributed by atoms with E-state index in [0.717, 1.165) is 10.1 Å². The van der Waals surface area contributed by atoms with Gasteiger partial charge in [-0.05, 0) is 30.2 Å². The third-order valence-electron chi connectivity index (χ3n) is 5.82. The zero-order valence-corrected chi connectivity index (χ0v) is 20.8. The van der Waals surface area contributed by atoms with Gasteiger partial charge in [0.2, 0.25) is 0 Å². The summed E-state index contributed by atoms with van der Waals surface area (Å²) in [7, 11) is 6.07. The second kappa shape index (κ2) is 10.2. The van der Waals surface area contributed by atoms with Crippen molar-refractivity contribution in [3.8, 4) is 11.5 Å². The fourth-order valence-corrected chi connectivity index (χ4v) is 4.77. The summed E-state index contributed by atoms with van der Waals surface area (Å²) in [4.78, 5) is 43.2. The Bertz CT molecular complexity index is 1500. The number of ether oxygens (including phenoxy) is 2. The zero-order valence-electron chi connectivity index (χ0n) is 20.0. The van der Waals surface area contributed by atoms with Crippen LogP contribution in [0, 0.1) is 0 Å². The van der Waals surface area contributed by atoms with Crippen LogP contribution >= 0.6 is 11.8 Å². The van der Waals surface area contributed by atoms with E-state index in [2.05, 4.69) is 4.98 Å². The quantitative estimate of drug-likeness (QED) is 0.261. The summed E-state index contributed by atoms with van der Waals surface area (Å²) >= 11 is 1.22. The van der Waals surface area contributed by atoms with E-state index >= 15 is 0 Å². The maximum Gasteiger partial charge on any atom is 0.332 e. The van der Waals surface area contributed by atoms with Gasteiger partial charge in [0.1, 0.15) is 11.5 Å². The van der Waals surface area contributed by atoms with E-state index in [1.54, 1.807) is 29.8 Å². The molecule has 0 aliphatic heterocycles. The molecule has 0 bridgehead atoms. The van der Waals surface area contributed by atoms with Gasteiger partial charge in [-0.2, -0.15) is 0 Å². The first-order valence-electron chi connectivity index (χ1n) is 10.9. The van der Waals surface area contributed by atoms with Crippen molar-refractivity contribution in [2.75, 3.05) is 20.0 Å². The summed E-state index contributed by atoms with van der Waals surface area (Å²) in [5.74, 6) is 0.888. The predicted octanol–water partition coefficient (Wildman–Crippen LogP) is 2.67. The van der Waals surface area contributed by atoms with Crippen LogP contribution in [0.3, 0.4) is 0 Å². The summed E-state index contributed by atoms with van der Waals surface area (Å²) in [6, 6.07) is 14.9. The molecule has 0 spiro atoms. The van der Waals surface area contributed by atoms with Gasteiger partial charge < -0.3 is 14.0 Å². The third kappa shape index (κ3) is 4.74. The van der Waals surface area contributed by atoms with Crippen LogP contribution in [0.15, 0.2) is 63.3 Å². The van der Waals surface area contributed by atoms with Crippen LogP contribution in [-0.4, -0.2) is 44.4 Å². The van der Waals surface area contributed by atoms with Gasteiger partial charge in [0.25, 0.3) is 5.56 Å². The highest BCUT2D eigenvalue weighted by atomic mass is 32.2. The minimum atomic E-state index is -0.455. The molecule has 4 rings (SSSR count). The molecule has 0 N–H and O–H groups in total. The number of fused-ring (bicyclic) bond motifs is 1. The largest absolute Gasteiger partial charge is 0.497 e. The fourth-order valence-electron chi connectivity index (χ4n) is 3.87. The van der Waals surface area contributed by atoms with E-state index in [9.17, 15) is 14.4 Å². The van der Waals surface area contributed by atoms with Crippen LogP contribution in [0.5, 0.6) is 11.5 Å². The van der Waals surface area contributed by atoms with E-state index < -0.39 is 11.2 Å². The van der Waals surface area contributed by atoms with Crippen molar-refractivity contribution >= 4 is 28.7 Å². The van der Waals surface area contributed by atoms with Crippen LogP contribution < -0.4 is 20.7 Å². The third-order valence-corrected chi connectivity index (χ3v) is 6.80. The highest BCUT2D eigenvalue weighted by molar-refractivity contribution is 7.99. The average Bonchev–Trinajstić information content (AvgIpc) is 3.26.